The molecule has 0 atom stereocenters. The van der Waals surface area contributed by atoms with Crippen molar-refractivity contribution >= 4 is 27.3 Å². The van der Waals surface area contributed by atoms with Crippen molar-refractivity contribution in [3.05, 3.63) is 32.8 Å². The molecule has 0 aromatic heterocycles. The molecule has 0 radical (unpaired) electrons. The Bertz CT molecular complexity index is 463. The molecule has 19 heavy (non-hydrogen) atoms. The molecule has 2 rings (SSSR count). The molecule has 0 bridgehead atoms. The average Bonchev–Trinajstić information content (AvgIpc) is 2.32. The number of aliphatic hydroxyl groups is 1. The minimum Gasteiger partial charge on any atom is -0.396 e. The summed E-state index contributed by atoms with van der Waals surface area (Å²) in [7, 11) is 0. The van der Waals surface area contributed by atoms with Gasteiger partial charge in [-0.2, -0.15) is 0 Å². The summed E-state index contributed by atoms with van der Waals surface area (Å²) >= 11 is 3.42. The maximum atomic E-state index is 10.7. The van der Waals surface area contributed by atoms with E-state index in [1.807, 2.05) is 0 Å². The van der Waals surface area contributed by atoms with Gasteiger partial charge in [0.15, 0.2) is 0 Å². The first-order valence-electron chi connectivity index (χ1n) is 6.45. The zero-order valence-corrected chi connectivity index (χ0v) is 12.2. The van der Waals surface area contributed by atoms with Gasteiger partial charge in [-0.25, -0.2) is 0 Å². The lowest BCUT2D eigenvalue weighted by atomic mass is 9.91. The number of nitro benzene ring substituents is 1. The topological polar surface area (TPSA) is 66.6 Å². The molecule has 6 heteroatoms. The fourth-order valence-corrected chi connectivity index (χ4v) is 2.88. The lowest BCUT2D eigenvalue weighted by Gasteiger charge is -2.39. The second kappa shape index (κ2) is 6.34. The van der Waals surface area contributed by atoms with E-state index in [0.29, 0.717) is 12.5 Å². The van der Waals surface area contributed by atoms with E-state index in [-0.39, 0.29) is 12.3 Å². The summed E-state index contributed by atoms with van der Waals surface area (Å²) in [5, 5.41) is 19.7. The van der Waals surface area contributed by atoms with Gasteiger partial charge in [-0.15, -0.1) is 0 Å². The number of nitro groups is 1. The van der Waals surface area contributed by atoms with Crippen molar-refractivity contribution in [2.45, 2.75) is 31.7 Å². The van der Waals surface area contributed by atoms with Gasteiger partial charge in [0, 0.05) is 35.8 Å². The molecular formula is C13H17BrN2O3. The first-order valence-corrected chi connectivity index (χ1v) is 7.24. The maximum absolute atomic E-state index is 10.7. The quantitative estimate of drug-likeness (QED) is 0.643. The molecule has 1 aromatic carbocycles. The molecule has 104 valence electrons. The summed E-state index contributed by atoms with van der Waals surface area (Å²) in [6, 6.07) is 5.35. The van der Waals surface area contributed by atoms with Gasteiger partial charge in [0.1, 0.15) is 0 Å². The first kappa shape index (κ1) is 14.3. The summed E-state index contributed by atoms with van der Waals surface area (Å²) in [6.07, 6.45) is 4.23. The van der Waals surface area contributed by atoms with Gasteiger partial charge in [0.25, 0.3) is 5.69 Å². The largest absolute Gasteiger partial charge is 0.396 e. The fourth-order valence-electron chi connectivity index (χ4n) is 2.28. The number of halogens is 1. The molecule has 0 saturated heterocycles. The SMILES string of the molecule is O=[N+]([O-])c1ccc(N(CCCO)C2CCC2)c(Br)c1. The van der Waals surface area contributed by atoms with Crippen LogP contribution in [0.2, 0.25) is 0 Å². The highest BCUT2D eigenvalue weighted by Gasteiger charge is 2.26. The molecule has 1 fully saturated rings. The second-order valence-corrected chi connectivity index (χ2v) is 5.60. The number of anilines is 1. The molecule has 1 aliphatic rings. The van der Waals surface area contributed by atoms with E-state index >= 15 is 0 Å². The fraction of sp³-hybridized carbons (Fsp3) is 0.538. The third-order valence-electron chi connectivity index (χ3n) is 3.52. The van der Waals surface area contributed by atoms with Crippen LogP contribution in [-0.4, -0.2) is 29.2 Å². The molecule has 0 spiro atoms. The lowest BCUT2D eigenvalue weighted by molar-refractivity contribution is -0.384. The molecule has 0 heterocycles. The van der Waals surface area contributed by atoms with Crippen molar-refractivity contribution in [1.29, 1.82) is 0 Å². The smallest absolute Gasteiger partial charge is 0.270 e. The number of hydrogen-bond donors (Lipinski definition) is 1. The van der Waals surface area contributed by atoms with Gasteiger partial charge in [-0.1, -0.05) is 0 Å². The molecule has 5 nitrogen and oxygen atoms in total. The molecule has 0 amide bonds. The van der Waals surface area contributed by atoms with Crippen LogP contribution in [-0.2, 0) is 0 Å². The molecular weight excluding hydrogens is 312 g/mol. The van der Waals surface area contributed by atoms with Gasteiger partial charge in [0.2, 0.25) is 0 Å². The summed E-state index contributed by atoms with van der Waals surface area (Å²) in [5.74, 6) is 0. The number of benzene rings is 1. The van der Waals surface area contributed by atoms with Crippen LogP contribution in [0.1, 0.15) is 25.7 Å². The predicted molar refractivity (Wildman–Crippen MR) is 77.5 cm³/mol. The Balaban J connectivity index is 2.22. The van der Waals surface area contributed by atoms with E-state index < -0.39 is 4.92 Å². The second-order valence-electron chi connectivity index (χ2n) is 4.75. The van der Waals surface area contributed by atoms with E-state index in [1.165, 1.54) is 12.5 Å². The van der Waals surface area contributed by atoms with Gasteiger partial charge >= 0.3 is 0 Å². The number of nitrogens with zero attached hydrogens (tertiary/aromatic N) is 2. The van der Waals surface area contributed by atoms with E-state index in [2.05, 4.69) is 20.8 Å². The van der Waals surface area contributed by atoms with Crippen molar-refractivity contribution in [1.82, 2.24) is 0 Å². The predicted octanol–water partition coefficient (Wildman–Crippen LogP) is 3.10. The van der Waals surface area contributed by atoms with Crippen LogP contribution in [0, 0.1) is 10.1 Å². The van der Waals surface area contributed by atoms with Crippen LogP contribution in [0.5, 0.6) is 0 Å². The highest BCUT2D eigenvalue weighted by Crippen LogP contribution is 2.36. The maximum Gasteiger partial charge on any atom is 0.270 e. The Kier molecular flexibility index (Phi) is 4.76. The van der Waals surface area contributed by atoms with Crippen molar-refractivity contribution in [2.75, 3.05) is 18.1 Å². The van der Waals surface area contributed by atoms with E-state index in [9.17, 15) is 10.1 Å². The van der Waals surface area contributed by atoms with Crippen molar-refractivity contribution in [3.63, 3.8) is 0 Å². The van der Waals surface area contributed by atoms with Crippen molar-refractivity contribution in [2.24, 2.45) is 0 Å². The van der Waals surface area contributed by atoms with Crippen LogP contribution in [0.25, 0.3) is 0 Å². The average molecular weight is 329 g/mol. The number of non-ortho nitro benzene ring substituents is 1. The Hall–Kier alpha value is -1.14. The third kappa shape index (κ3) is 3.25. The summed E-state index contributed by atoms with van der Waals surface area (Å²) < 4.78 is 0.742. The van der Waals surface area contributed by atoms with E-state index in [4.69, 9.17) is 5.11 Å². The number of aliphatic hydroxyl groups excluding tert-OH is 1. The van der Waals surface area contributed by atoms with Gasteiger partial charge in [0.05, 0.1) is 10.6 Å². The molecule has 0 unspecified atom stereocenters. The van der Waals surface area contributed by atoms with Crippen LogP contribution in [0.4, 0.5) is 11.4 Å². The van der Waals surface area contributed by atoms with Crippen LogP contribution in [0.15, 0.2) is 22.7 Å². The third-order valence-corrected chi connectivity index (χ3v) is 4.16. The monoisotopic (exact) mass is 328 g/mol. The summed E-state index contributed by atoms with van der Waals surface area (Å²) in [6.45, 7) is 0.936. The Labute approximate surface area is 120 Å². The summed E-state index contributed by atoms with van der Waals surface area (Å²) in [5.41, 5.74) is 1.06. The minimum atomic E-state index is -0.393. The lowest BCUT2D eigenvalue weighted by Crippen LogP contribution is -2.41. The van der Waals surface area contributed by atoms with Crippen molar-refractivity contribution < 1.29 is 10.0 Å². The van der Waals surface area contributed by atoms with Crippen LogP contribution >= 0.6 is 15.9 Å². The standard InChI is InChI=1S/C13H17BrN2O3/c14-12-9-11(16(18)19)5-6-13(12)15(7-2-8-17)10-3-1-4-10/h5-6,9-10,17H,1-4,7-8H2. The Morgan fingerprint density at radius 2 is 2.21 bits per heavy atom. The molecule has 0 aliphatic heterocycles. The first-order chi connectivity index (χ1) is 9.13. The van der Waals surface area contributed by atoms with Gasteiger partial charge in [-0.3, -0.25) is 10.1 Å². The van der Waals surface area contributed by atoms with Crippen LogP contribution < -0.4 is 4.90 Å². The molecule has 1 aliphatic carbocycles. The molecule has 1 aromatic rings. The Morgan fingerprint density at radius 1 is 1.47 bits per heavy atom. The number of hydrogen-bond acceptors (Lipinski definition) is 4. The van der Waals surface area contributed by atoms with Crippen molar-refractivity contribution in [3.8, 4) is 0 Å². The van der Waals surface area contributed by atoms with Gasteiger partial charge < -0.3 is 10.0 Å². The van der Waals surface area contributed by atoms with E-state index in [0.717, 1.165) is 29.5 Å². The van der Waals surface area contributed by atoms with Gasteiger partial charge in [-0.05, 0) is 47.7 Å². The number of rotatable bonds is 6. The molecule has 1 N–H and O–H groups in total. The highest BCUT2D eigenvalue weighted by molar-refractivity contribution is 9.10. The van der Waals surface area contributed by atoms with Crippen LogP contribution in [0.3, 0.4) is 0 Å². The summed E-state index contributed by atoms with van der Waals surface area (Å²) in [4.78, 5) is 12.6. The normalized spacial score (nSPS) is 15.1. The zero-order chi connectivity index (χ0) is 13.8. The minimum absolute atomic E-state index is 0.0892. The highest BCUT2D eigenvalue weighted by atomic mass is 79.9. The molecule has 1 saturated carbocycles. The van der Waals surface area contributed by atoms with E-state index in [1.54, 1.807) is 12.1 Å². The Morgan fingerprint density at radius 3 is 2.68 bits per heavy atom. The zero-order valence-electron chi connectivity index (χ0n) is 10.6.